The number of nitrogens with zero attached hydrogens (tertiary/aromatic N) is 3. The molecule has 0 bridgehead atoms. The van der Waals surface area contributed by atoms with Crippen LogP contribution < -0.4 is 5.73 Å². The molecule has 0 aliphatic carbocycles. The van der Waals surface area contributed by atoms with Gasteiger partial charge in [-0.25, -0.2) is 9.48 Å². The molecule has 25 heavy (non-hydrogen) atoms. The van der Waals surface area contributed by atoms with Crippen molar-refractivity contribution in [2.75, 3.05) is 5.73 Å². The van der Waals surface area contributed by atoms with Gasteiger partial charge in [0.25, 0.3) is 5.69 Å². The van der Waals surface area contributed by atoms with E-state index in [0.29, 0.717) is 5.69 Å². The van der Waals surface area contributed by atoms with E-state index in [9.17, 15) is 14.9 Å². The van der Waals surface area contributed by atoms with Crippen molar-refractivity contribution in [3.63, 3.8) is 0 Å². The van der Waals surface area contributed by atoms with Gasteiger partial charge in [0.15, 0.2) is 0 Å². The maximum Gasteiger partial charge on any atom is 0.340 e. The van der Waals surface area contributed by atoms with Crippen LogP contribution in [0.3, 0.4) is 0 Å². The highest BCUT2D eigenvalue weighted by atomic mass is 16.6. The lowest BCUT2D eigenvalue weighted by atomic mass is 10.1. The summed E-state index contributed by atoms with van der Waals surface area (Å²) in [5, 5.41) is 15.0. The molecule has 0 aliphatic heterocycles. The number of hydrogen-bond acceptors (Lipinski definition) is 6. The summed E-state index contributed by atoms with van der Waals surface area (Å²) in [5.41, 5.74) is 7.03. The van der Waals surface area contributed by atoms with Crippen LogP contribution in [0.25, 0.3) is 5.69 Å². The second-order valence-electron chi connectivity index (χ2n) is 5.19. The molecule has 0 saturated heterocycles. The van der Waals surface area contributed by atoms with Gasteiger partial charge in [0, 0.05) is 18.3 Å². The summed E-state index contributed by atoms with van der Waals surface area (Å²) in [6, 6.07) is 14.9. The van der Waals surface area contributed by atoms with Crippen molar-refractivity contribution in [2.45, 2.75) is 6.61 Å². The molecule has 0 aliphatic rings. The second-order valence-corrected chi connectivity index (χ2v) is 5.19. The largest absolute Gasteiger partial charge is 0.455 e. The maximum absolute atomic E-state index is 12.1. The molecule has 0 saturated carbocycles. The number of non-ortho nitro benzene ring substituents is 1. The number of hydrogen-bond donors (Lipinski definition) is 1. The van der Waals surface area contributed by atoms with Crippen LogP contribution in [0.1, 0.15) is 16.1 Å². The van der Waals surface area contributed by atoms with Gasteiger partial charge in [-0.15, -0.1) is 0 Å². The first-order chi connectivity index (χ1) is 12.0. The highest BCUT2D eigenvalue weighted by Crippen LogP contribution is 2.21. The maximum atomic E-state index is 12.1. The highest BCUT2D eigenvalue weighted by Gasteiger charge is 2.16. The first-order valence-electron chi connectivity index (χ1n) is 7.35. The Morgan fingerprint density at radius 3 is 2.64 bits per heavy atom. The first kappa shape index (κ1) is 16.2. The summed E-state index contributed by atoms with van der Waals surface area (Å²) >= 11 is 0. The van der Waals surface area contributed by atoms with Gasteiger partial charge in [-0.2, -0.15) is 5.10 Å². The molecule has 3 aromatic rings. The Kier molecular flexibility index (Phi) is 4.42. The normalized spacial score (nSPS) is 10.4. The topological polar surface area (TPSA) is 113 Å². The number of carbonyl (C=O) groups excluding carboxylic acids is 1. The van der Waals surface area contributed by atoms with Crippen molar-refractivity contribution in [2.24, 2.45) is 0 Å². The Morgan fingerprint density at radius 1 is 1.20 bits per heavy atom. The van der Waals surface area contributed by atoms with Crippen molar-refractivity contribution in [1.29, 1.82) is 0 Å². The number of nitro benzene ring substituents is 1. The lowest BCUT2D eigenvalue weighted by Gasteiger charge is -2.06. The van der Waals surface area contributed by atoms with Crippen molar-refractivity contribution in [3.8, 4) is 5.69 Å². The summed E-state index contributed by atoms with van der Waals surface area (Å²) in [7, 11) is 0. The number of carbonyl (C=O) groups is 1. The zero-order valence-electron chi connectivity index (χ0n) is 13.0. The minimum absolute atomic E-state index is 0.00554. The van der Waals surface area contributed by atoms with Crippen LogP contribution in [0.4, 0.5) is 11.4 Å². The SMILES string of the molecule is Nc1cc([N+](=O)[O-])ccc1C(=O)OCc1ccn(-c2ccccc2)n1. The van der Waals surface area contributed by atoms with E-state index in [4.69, 9.17) is 10.5 Å². The van der Waals surface area contributed by atoms with Crippen LogP contribution >= 0.6 is 0 Å². The van der Waals surface area contributed by atoms with E-state index in [-0.39, 0.29) is 23.5 Å². The van der Waals surface area contributed by atoms with E-state index in [1.165, 1.54) is 12.1 Å². The molecule has 3 rings (SSSR count). The molecule has 126 valence electrons. The predicted molar refractivity (Wildman–Crippen MR) is 90.2 cm³/mol. The zero-order valence-corrected chi connectivity index (χ0v) is 13.0. The minimum Gasteiger partial charge on any atom is -0.455 e. The molecule has 1 heterocycles. The van der Waals surface area contributed by atoms with Gasteiger partial charge in [-0.05, 0) is 24.3 Å². The molecule has 1 aromatic heterocycles. The number of nitro groups is 1. The molecule has 2 aromatic carbocycles. The second kappa shape index (κ2) is 6.83. The molecule has 0 amide bonds. The number of nitrogen functional groups attached to an aromatic ring is 1. The predicted octanol–water partition coefficient (Wildman–Crippen LogP) is 2.72. The van der Waals surface area contributed by atoms with Crippen LogP contribution in [0.15, 0.2) is 60.8 Å². The molecule has 8 nitrogen and oxygen atoms in total. The summed E-state index contributed by atoms with van der Waals surface area (Å²) in [4.78, 5) is 22.2. The number of anilines is 1. The smallest absolute Gasteiger partial charge is 0.340 e. The quantitative estimate of drug-likeness (QED) is 0.331. The first-order valence-corrected chi connectivity index (χ1v) is 7.35. The van der Waals surface area contributed by atoms with Crippen LogP contribution in [0, 0.1) is 10.1 Å². The summed E-state index contributed by atoms with van der Waals surface area (Å²) in [6.45, 7) is -0.0326. The number of aromatic nitrogens is 2. The van der Waals surface area contributed by atoms with Crippen molar-refractivity contribution in [1.82, 2.24) is 9.78 Å². The summed E-state index contributed by atoms with van der Waals surface area (Å²) < 4.78 is 6.85. The fourth-order valence-electron chi connectivity index (χ4n) is 2.23. The highest BCUT2D eigenvalue weighted by molar-refractivity contribution is 5.95. The zero-order chi connectivity index (χ0) is 17.8. The van der Waals surface area contributed by atoms with Gasteiger partial charge in [0.2, 0.25) is 0 Å². The number of benzene rings is 2. The van der Waals surface area contributed by atoms with Gasteiger partial charge >= 0.3 is 5.97 Å². The van der Waals surface area contributed by atoms with Gasteiger partial charge in [-0.3, -0.25) is 10.1 Å². The average Bonchev–Trinajstić information content (AvgIpc) is 3.09. The van der Waals surface area contributed by atoms with Gasteiger partial charge in [0.1, 0.15) is 12.3 Å². The van der Waals surface area contributed by atoms with Crippen molar-refractivity contribution >= 4 is 17.3 Å². The third-order valence-corrected chi connectivity index (χ3v) is 3.48. The molecular formula is C17H14N4O4. The monoisotopic (exact) mass is 338 g/mol. The number of rotatable bonds is 5. The fourth-order valence-corrected chi connectivity index (χ4v) is 2.23. The van der Waals surface area contributed by atoms with E-state index in [2.05, 4.69) is 5.10 Å². The molecule has 0 atom stereocenters. The molecule has 8 heteroatoms. The Hall–Kier alpha value is -3.68. The Labute approximate surface area is 142 Å². The van der Waals surface area contributed by atoms with Crippen molar-refractivity contribution < 1.29 is 14.5 Å². The molecule has 0 radical (unpaired) electrons. The van der Waals surface area contributed by atoms with Crippen molar-refractivity contribution in [3.05, 3.63) is 82.2 Å². The van der Waals surface area contributed by atoms with Crippen LogP contribution in [-0.2, 0) is 11.3 Å². The lowest BCUT2D eigenvalue weighted by Crippen LogP contribution is -2.09. The standard InChI is InChI=1S/C17H14N4O4/c18-16-10-14(21(23)24)6-7-15(16)17(22)25-11-12-8-9-20(19-12)13-4-2-1-3-5-13/h1-10H,11,18H2. The number of ether oxygens (including phenoxy) is 1. The molecule has 2 N–H and O–H groups in total. The summed E-state index contributed by atoms with van der Waals surface area (Å²) in [6.07, 6.45) is 1.76. The number of para-hydroxylation sites is 1. The molecule has 0 spiro atoms. The van der Waals surface area contributed by atoms with E-state index in [0.717, 1.165) is 11.8 Å². The number of esters is 1. The minimum atomic E-state index is -0.665. The fraction of sp³-hybridized carbons (Fsp3) is 0.0588. The van der Waals surface area contributed by atoms with Crippen LogP contribution in [0.5, 0.6) is 0 Å². The van der Waals surface area contributed by atoms with Gasteiger partial charge in [0.05, 0.1) is 21.9 Å². The third-order valence-electron chi connectivity index (χ3n) is 3.48. The van der Waals surface area contributed by atoms with E-state index in [1.54, 1.807) is 16.9 Å². The van der Waals surface area contributed by atoms with E-state index < -0.39 is 10.9 Å². The van der Waals surface area contributed by atoms with Crippen LogP contribution in [0.2, 0.25) is 0 Å². The molecule has 0 unspecified atom stereocenters. The van der Waals surface area contributed by atoms with Gasteiger partial charge in [-0.1, -0.05) is 18.2 Å². The third kappa shape index (κ3) is 3.63. The molecular weight excluding hydrogens is 324 g/mol. The Balaban J connectivity index is 1.67. The summed E-state index contributed by atoms with van der Waals surface area (Å²) in [5.74, 6) is -0.665. The van der Waals surface area contributed by atoms with Crippen LogP contribution in [-0.4, -0.2) is 20.7 Å². The Morgan fingerprint density at radius 2 is 1.96 bits per heavy atom. The van der Waals surface area contributed by atoms with E-state index >= 15 is 0 Å². The van der Waals surface area contributed by atoms with E-state index in [1.807, 2.05) is 30.3 Å². The molecule has 0 fully saturated rings. The number of nitrogens with two attached hydrogens (primary N) is 1. The average molecular weight is 338 g/mol. The lowest BCUT2D eigenvalue weighted by molar-refractivity contribution is -0.384. The Bertz CT molecular complexity index is 921. The van der Waals surface area contributed by atoms with Gasteiger partial charge < -0.3 is 10.5 Å².